The lowest BCUT2D eigenvalue weighted by molar-refractivity contribution is 0.144. The number of hydrogen-bond acceptors (Lipinski definition) is 2. The smallest absolute Gasteiger partial charge is 0.0685 e. The van der Waals surface area contributed by atoms with Gasteiger partial charge in [-0.3, -0.25) is 0 Å². The summed E-state index contributed by atoms with van der Waals surface area (Å²) in [6.45, 7) is 1.23. The summed E-state index contributed by atoms with van der Waals surface area (Å²) in [6, 6.07) is 19.3. The van der Waals surface area contributed by atoms with Crippen molar-refractivity contribution in [3.8, 4) is 0 Å². The first-order valence-corrected chi connectivity index (χ1v) is 7.64. The van der Waals surface area contributed by atoms with E-state index < -0.39 is 0 Å². The highest BCUT2D eigenvalue weighted by Crippen LogP contribution is 2.44. The summed E-state index contributed by atoms with van der Waals surface area (Å²) in [7, 11) is 3.52. The van der Waals surface area contributed by atoms with Gasteiger partial charge in [-0.05, 0) is 28.7 Å². The molecule has 2 heteroatoms. The summed E-state index contributed by atoms with van der Waals surface area (Å²) in [5, 5.41) is 0. The number of methoxy groups -OCH3 is 2. The zero-order valence-electron chi connectivity index (χ0n) is 13.2. The minimum Gasteiger partial charge on any atom is -0.383 e. The lowest BCUT2D eigenvalue weighted by Gasteiger charge is -2.40. The second kappa shape index (κ2) is 6.47. The Bertz CT molecular complexity index is 660. The molecule has 0 heterocycles. The van der Waals surface area contributed by atoms with Gasteiger partial charge in [0.25, 0.3) is 0 Å². The summed E-state index contributed by atoms with van der Waals surface area (Å²) in [5.74, 6) is 0. The van der Waals surface area contributed by atoms with Gasteiger partial charge in [-0.1, -0.05) is 60.7 Å². The van der Waals surface area contributed by atoms with E-state index in [4.69, 9.17) is 9.47 Å². The van der Waals surface area contributed by atoms with Gasteiger partial charge in [0.1, 0.15) is 0 Å². The van der Waals surface area contributed by atoms with Crippen LogP contribution in [0.4, 0.5) is 0 Å². The number of fused-ring (bicyclic) bond motifs is 1. The third-order valence-electron chi connectivity index (χ3n) is 4.52. The molecule has 0 N–H and O–H groups in total. The van der Waals surface area contributed by atoms with E-state index in [-0.39, 0.29) is 5.41 Å². The SMILES string of the molecule is COCC1=CCc2ccccc2C1(COC)c1ccccc1. The molecule has 2 nitrogen and oxygen atoms in total. The molecule has 1 atom stereocenters. The van der Waals surface area contributed by atoms with Gasteiger partial charge in [0.05, 0.1) is 18.6 Å². The fourth-order valence-corrected chi connectivity index (χ4v) is 3.57. The molecule has 1 aliphatic carbocycles. The first kappa shape index (κ1) is 15.0. The molecule has 2 aromatic rings. The molecule has 0 amide bonds. The van der Waals surface area contributed by atoms with Crippen molar-refractivity contribution >= 4 is 0 Å². The third kappa shape index (κ3) is 2.39. The van der Waals surface area contributed by atoms with Crippen LogP contribution in [-0.4, -0.2) is 27.4 Å². The average molecular weight is 294 g/mol. The topological polar surface area (TPSA) is 18.5 Å². The Morgan fingerprint density at radius 2 is 1.64 bits per heavy atom. The van der Waals surface area contributed by atoms with Crippen molar-refractivity contribution in [1.82, 2.24) is 0 Å². The van der Waals surface area contributed by atoms with Crippen molar-refractivity contribution in [2.75, 3.05) is 27.4 Å². The maximum atomic E-state index is 5.68. The monoisotopic (exact) mass is 294 g/mol. The van der Waals surface area contributed by atoms with Crippen LogP contribution in [0, 0.1) is 0 Å². The molecule has 22 heavy (non-hydrogen) atoms. The van der Waals surface area contributed by atoms with E-state index in [1.807, 2.05) is 0 Å². The molecule has 1 unspecified atom stereocenters. The normalized spacial score (nSPS) is 20.4. The van der Waals surface area contributed by atoms with Gasteiger partial charge in [-0.25, -0.2) is 0 Å². The number of allylic oxidation sites excluding steroid dienone is 1. The highest BCUT2D eigenvalue weighted by atomic mass is 16.5. The van der Waals surface area contributed by atoms with E-state index in [1.165, 1.54) is 22.3 Å². The molecule has 0 saturated heterocycles. The predicted octanol–water partition coefficient (Wildman–Crippen LogP) is 3.75. The van der Waals surface area contributed by atoms with Gasteiger partial charge in [-0.2, -0.15) is 0 Å². The zero-order chi connectivity index (χ0) is 15.4. The zero-order valence-corrected chi connectivity index (χ0v) is 13.2. The van der Waals surface area contributed by atoms with Crippen LogP contribution in [0.5, 0.6) is 0 Å². The molecule has 3 rings (SSSR count). The summed E-state index contributed by atoms with van der Waals surface area (Å²) < 4.78 is 11.2. The molecule has 1 aliphatic rings. The van der Waals surface area contributed by atoms with Crippen molar-refractivity contribution in [2.24, 2.45) is 0 Å². The average Bonchev–Trinajstić information content (AvgIpc) is 2.58. The summed E-state index contributed by atoms with van der Waals surface area (Å²) in [4.78, 5) is 0. The molecule has 0 spiro atoms. The van der Waals surface area contributed by atoms with E-state index in [0.717, 1.165) is 6.42 Å². The van der Waals surface area contributed by atoms with Crippen LogP contribution >= 0.6 is 0 Å². The minimum atomic E-state index is -0.263. The lowest BCUT2D eigenvalue weighted by Crippen LogP contribution is -2.39. The largest absolute Gasteiger partial charge is 0.383 e. The van der Waals surface area contributed by atoms with Crippen LogP contribution in [0.3, 0.4) is 0 Å². The highest BCUT2D eigenvalue weighted by Gasteiger charge is 2.41. The van der Waals surface area contributed by atoms with Crippen LogP contribution in [0.25, 0.3) is 0 Å². The van der Waals surface area contributed by atoms with Gasteiger partial charge < -0.3 is 9.47 Å². The standard InChI is InChI=1S/C20H22O2/c1-21-14-18-13-12-16-8-6-7-11-19(16)20(18,15-22-2)17-9-4-3-5-10-17/h3-11,13H,12,14-15H2,1-2H3. The van der Waals surface area contributed by atoms with Crippen molar-refractivity contribution in [1.29, 1.82) is 0 Å². The van der Waals surface area contributed by atoms with E-state index >= 15 is 0 Å². The van der Waals surface area contributed by atoms with Crippen LogP contribution in [0.1, 0.15) is 16.7 Å². The predicted molar refractivity (Wildman–Crippen MR) is 89.2 cm³/mol. The quantitative estimate of drug-likeness (QED) is 0.782. The van der Waals surface area contributed by atoms with Crippen molar-refractivity contribution < 1.29 is 9.47 Å². The Morgan fingerprint density at radius 3 is 2.36 bits per heavy atom. The van der Waals surface area contributed by atoms with Crippen LogP contribution in [0.15, 0.2) is 66.2 Å². The van der Waals surface area contributed by atoms with Gasteiger partial charge in [-0.15, -0.1) is 0 Å². The third-order valence-corrected chi connectivity index (χ3v) is 4.52. The van der Waals surface area contributed by atoms with Gasteiger partial charge in [0.15, 0.2) is 0 Å². The van der Waals surface area contributed by atoms with Crippen molar-refractivity contribution in [3.05, 3.63) is 82.9 Å². The van der Waals surface area contributed by atoms with E-state index in [2.05, 4.69) is 60.7 Å². The fourth-order valence-electron chi connectivity index (χ4n) is 3.57. The van der Waals surface area contributed by atoms with Crippen LogP contribution < -0.4 is 0 Å². The number of benzene rings is 2. The molecule has 2 aromatic carbocycles. The maximum absolute atomic E-state index is 5.68. The van der Waals surface area contributed by atoms with Gasteiger partial charge >= 0.3 is 0 Å². The Morgan fingerprint density at radius 1 is 0.909 bits per heavy atom. The molecule has 0 fully saturated rings. The number of rotatable bonds is 5. The maximum Gasteiger partial charge on any atom is 0.0685 e. The Kier molecular flexibility index (Phi) is 4.41. The van der Waals surface area contributed by atoms with Crippen molar-refractivity contribution in [2.45, 2.75) is 11.8 Å². The Balaban J connectivity index is 2.25. The van der Waals surface area contributed by atoms with E-state index in [1.54, 1.807) is 14.2 Å². The Hall–Kier alpha value is -1.90. The van der Waals surface area contributed by atoms with E-state index in [0.29, 0.717) is 13.2 Å². The molecule has 0 aromatic heterocycles. The summed E-state index contributed by atoms with van der Waals surface area (Å²) in [6.07, 6.45) is 3.25. The number of ether oxygens (including phenoxy) is 2. The second-order valence-electron chi connectivity index (χ2n) is 5.73. The van der Waals surface area contributed by atoms with E-state index in [9.17, 15) is 0 Å². The summed E-state index contributed by atoms with van der Waals surface area (Å²) in [5.41, 5.74) is 4.97. The minimum absolute atomic E-state index is 0.263. The summed E-state index contributed by atoms with van der Waals surface area (Å²) >= 11 is 0. The van der Waals surface area contributed by atoms with Crippen molar-refractivity contribution in [3.63, 3.8) is 0 Å². The molecular weight excluding hydrogens is 272 g/mol. The first-order valence-electron chi connectivity index (χ1n) is 7.64. The fraction of sp³-hybridized carbons (Fsp3) is 0.300. The number of hydrogen-bond donors (Lipinski definition) is 0. The van der Waals surface area contributed by atoms with Crippen LogP contribution in [0.2, 0.25) is 0 Å². The lowest BCUT2D eigenvalue weighted by atomic mass is 9.65. The molecular formula is C20H22O2. The highest BCUT2D eigenvalue weighted by molar-refractivity contribution is 5.55. The molecule has 0 saturated carbocycles. The molecule has 0 bridgehead atoms. The molecule has 0 radical (unpaired) electrons. The van der Waals surface area contributed by atoms with Crippen LogP contribution in [-0.2, 0) is 21.3 Å². The first-order chi connectivity index (χ1) is 10.8. The molecule has 0 aliphatic heterocycles. The van der Waals surface area contributed by atoms with Gasteiger partial charge in [0, 0.05) is 14.2 Å². The van der Waals surface area contributed by atoms with Gasteiger partial charge in [0.2, 0.25) is 0 Å². The molecule has 114 valence electrons. The Labute approximate surface area is 132 Å². The second-order valence-corrected chi connectivity index (χ2v) is 5.73.